The summed E-state index contributed by atoms with van der Waals surface area (Å²) in [5, 5.41) is 2.58. The number of fused-ring (bicyclic) bond motifs is 1. The Labute approximate surface area is 188 Å². The number of amides is 3. The Kier molecular flexibility index (Phi) is 6.48. The molecule has 168 valence electrons. The van der Waals surface area contributed by atoms with Crippen LogP contribution in [-0.4, -0.2) is 52.2 Å². The van der Waals surface area contributed by atoms with Crippen LogP contribution in [0.4, 0.5) is 5.82 Å². The predicted molar refractivity (Wildman–Crippen MR) is 120 cm³/mol. The minimum atomic E-state index is -0.242. The van der Waals surface area contributed by atoms with Gasteiger partial charge in [0.25, 0.3) is 0 Å². The lowest BCUT2D eigenvalue weighted by atomic mass is 10.0. The summed E-state index contributed by atoms with van der Waals surface area (Å²) >= 11 is 0. The Balaban J connectivity index is 1.59. The maximum atomic E-state index is 12.8. The highest BCUT2D eigenvalue weighted by Crippen LogP contribution is 2.34. The minimum absolute atomic E-state index is 0.0303. The lowest BCUT2D eigenvalue weighted by Crippen LogP contribution is -2.41. The number of aromatic nitrogens is 2. The zero-order valence-electron chi connectivity index (χ0n) is 18.6. The van der Waals surface area contributed by atoms with Crippen molar-refractivity contribution in [3.05, 3.63) is 53.0 Å². The van der Waals surface area contributed by atoms with Gasteiger partial charge in [0.15, 0.2) is 5.82 Å². The van der Waals surface area contributed by atoms with Gasteiger partial charge in [0.05, 0.1) is 12.6 Å². The Morgan fingerprint density at radius 3 is 2.69 bits per heavy atom. The van der Waals surface area contributed by atoms with Crippen LogP contribution >= 0.6 is 0 Å². The molecule has 32 heavy (non-hydrogen) atoms. The number of likely N-dealkylation sites (tertiary alicyclic amines) is 1. The molecule has 0 unspecified atom stereocenters. The van der Waals surface area contributed by atoms with Gasteiger partial charge in [0.1, 0.15) is 5.82 Å². The summed E-state index contributed by atoms with van der Waals surface area (Å²) in [5.41, 5.74) is 3.04. The third-order valence-electron chi connectivity index (χ3n) is 6.18. The van der Waals surface area contributed by atoms with Crippen molar-refractivity contribution in [2.45, 2.75) is 52.0 Å². The van der Waals surface area contributed by atoms with E-state index in [0.29, 0.717) is 37.6 Å². The molecule has 8 heteroatoms. The van der Waals surface area contributed by atoms with Crippen molar-refractivity contribution < 1.29 is 14.4 Å². The molecule has 2 aliphatic heterocycles. The molecule has 1 N–H and O–H groups in total. The fourth-order valence-electron chi connectivity index (χ4n) is 4.50. The molecular weight excluding hydrogens is 406 g/mol. The molecule has 4 rings (SSSR count). The van der Waals surface area contributed by atoms with Gasteiger partial charge in [-0.3, -0.25) is 19.3 Å². The number of carbonyl (C=O) groups excluding carboxylic acids is 3. The normalized spacial score (nSPS) is 17.9. The molecule has 0 aliphatic carbocycles. The van der Waals surface area contributed by atoms with Gasteiger partial charge in [0.2, 0.25) is 17.7 Å². The van der Waals surface area contributed by atoms with Gasteiger partial charge in [-0.15, -0.1) is 0 Å². The third-order valence-corrected chi connectivity index (χ3v) is 6.18. The zero-order chi connectivity index (χ0) is 22.7. The van der Waals surface area contributed by atoms with E-state index in [-0.39, 0.29) is 30.3 Å². The van der Waals surface area contributed by atoms with E-state index in [1.807, 2.05) is 25.1 Å². The topological polar surface area (TPSA) is 95.5 Å². The molecule has 0 saturated carbocycles. The number of rotatable bonds is 6. The van der Waals surface area contributed by atoms with Crippen molar-refractivity contribution in [1.29, 1.82) is 0 Å². The van der Waals surface area contributed by atoms with Crippen LogP contribution in [0.2, 0.25) is 0 Å². The molecule has 0 bridgehead atoms. The molecule has 0 spiro atoms. The summed E-state index contributed by atoms with van der Waals surface area (Å²) in [7, 11) is 0. The summed E-state index contributed by atoms with van der Waals surface area (Å²) in [4.78, 5) is 49.8. The van der Waals surface area contributed by atoms with Crippen LogP contribution < -0.4 is 10.2 Å². The minimum Gasteiger partial charge on any atom is -0.347 e. The van der Waals surface area contributed by atoms with E-state index in [2.05, 4.69) is 17.4 Å². The highest BCUT2D eigenvalue weighted by atomic mass is 16.2. The molecule has 2 aliphatic rings. The van der Waals surface area contributed by atoms with Crippen molar-refractivity contribution in [2.24, 2.45) is 0 Å². The Hall–Kier alpha value is -3.29. The quantitative estimate of drug-likeness (QED) is 0.750. The summed E-state index contributed by atoms with van der Waals surface area (Å²) in [5.74, 6) is 0.957. The Morgan fingerprint density at radius 1 is 1.16 bits per heavy atom. The second kappa shape index (κ2) is 9.46. The number of nitrogens with zero attached hydrogens (tertiary/aromatic N) is 4. The van der Waals surface area contributed by atoms with Crippen molar-refractivity contribution in [3.8, 4) is 0 Å². The van der Waals surface area contributed by atoms with Gasteiger partial charge in [-0.25, -0.2) is 9.97 Å². The second-order valence-electron chi connectivity index (χ2n) is 8.41. The van der Waals surface area contributed by atoms with Crippen molar-refractivity contribution in [2.75, 3.05) is 24.5 Å². The molecule has 0 radical (unpaired) electrons. The molecule has 2 aromatic rings. The average molecular weight is 436 g/mol. The van der Waals surface area contributed by atoms with Crippen molar-refractivity contribution >= 4 is 23.5 Å². The van der Waals surface area contributed by atoms with E-state index < -0.39 is 0 Å². The molecule has 8 nitrogen and oxygen atoms in total. The van der Waals surface area contributed by atoms with Crippen molar-refractivity contribution in [1.82, 2.24) is 20.2 Å². The summed E-state index contributed by atoms with van der Waals surface area (Å²) < 4.78 is 0. The largest absolute Gasteiger partial charge is 0.347 e. The number of carbonyl (C=O) groups is 3. The molecular formula is C24H29N5O3. The molecule has 1 atom stereocenters. The van der Waals surface area contributed by atoms with E-state index in [9.17, 15) is 14.4 Å². The summed E-state index contributed by atoms with van der Waals surface area (Å²) in [6, 6.07) is 9.85. The molecule has 3 heterocycles. The van der Waals surface area contributed by atoms with E-state index in [4.69, 9.17) is 9.97 Å². The van der Waals surface area contributed by atoms with Crippen LogP contribution in [-0.2, 0) is 27.2 Å². The fraction of sp³-hybridized carbons (Fsp3) is 0.458. The molecule has 3 amide bonds. The number of hydrogen-bond acceptors (Lipinski definition) is 5. The SMILES string of the molecule is CC(=O)NCC(=O)N1CCC[C@@H]1c1nc(C)c2c(n1)N(CCc1ccccc1)C(=O)CC2. The van der Waals surface area contributed by atoms with Gasteiger partial charge in [-0.2, -0.15) is 0 Å². The first-order chi connectivity index (χ1) is 15.4. The van der Waals surface area contributed by atoms with E-state index in [1.165, 1.54) is 12.5 Å². The highest BCUT2D eigenvalue weighted by Gasteiger charge is 2.34. The fourth-order valence-corrected chi connectivity index (χ4v) is 4.50. The van der Waals surface area contributed by atoms with E-state index >= 15 is 0 Å². The average Bonchev–Trinajstić information content (AvgIpc) is 3.27. The van der Waals surface area contributed by atoms with Gasteiger partial charge in [-0.05, 0) is 38.2 Å². The molecule has 1 saturated heterocycles. The standard InChI is InChI=1S/C24H29N5O3/c1-16-19-10-11-21(31)29(14-12-18-7-4-3-5-8-18)24(19)27-23(26-16)20-9-6-13-28(20)22(32)15-25-17(2)30/h3-5,7-8,20H,6,9-15H2,1-2H3,(H,25,30)/t20-/m1/s1. The van der Waals surface area contributed by atoms with Crippen LogP contribution in [0.3, 0.4) is 0 Å². The van der Waals surface area contributed by atoms with Gasteiger partial charge >= 0.3 is 0 Å². The first-order valence-electron chi connectivity index (χ1n) is 11.2. The van der Waals surface area contributed by atoms with Gasteiger partial charge in [-0.1, -0.05) is 30.3 Å². The van der Waals surface area contributed by atoms with Crippen LogP contribution in [0.25, 0.3) is 0 Å². The van der Waals surface area contributed by atoms with Gasteiger partial charge < -0.3 is 10.2 Å². The monoisotopic (exact) mass is 435 g/mol. The molecule has 1 aromatic carbocycles. The lowest BCUT2D eigenvalue weighted by Gasteiger charge is -2.31. The predicted octanol–water partition coefficient (Wildman–Crippen LogP) is 2.11. The maximum absolute atomic E-state index is 12.8. The number of aryl methyl sites for hydroxylation is 1. The number of nitrogens with one attached hydrogen (secondary N) is 1. The molecule has 1 fully saturated rings. The zero-order valence-corrected chi connectivity index (χ0v) is 18.6. The Morgan fingerprint density at radius 2 is 1.94 bits per heavy atom. The number of hydrogen-bond donors (Lipinski definition) is 1. The summed E-state index contributed by atoms with van der Waals surface area (Å²) in [6.07, 6.45) is 3.46. The number of benzene rings is 1. The highest BCUT2D eigenvalue weighted by molar-refractivity contribution is 5.95. The smallest absolute Gasteiger partial charge is 0.242 e. The van der Waals surface area contributed by atoms with Crippen LogP contribution in [0, 0.1) is 6.92 Å². The van der Waals surface area contributed by atoms with Crippen LogP contribution in [0.15, 0.2) is 30.3 Å². The van der Waals surface area contributed by atoms with E-state index in [1.54, 1.807) is 9.80 Å². The van der Waals surface area contributed by atoms with Crippen LogP contribution in [0.5, 0.6) is 0 Å². The van der Waals surface area contributed by atoms with E-state index in [0.717, 1.165) is 30.5 Å². The Bertz CT molecular complexity index is 1020. The van der Waals surface area contributed by atoms with Gasteiger partial charge in [0, 0.05) is 37.7 Å². The first kappa shape index (κ1) is 21.9. The van der Waals surface area contributed by atoms with Crippen molar-refractivity contribution in [3.63, 3.8) is 0 Å². The molecule has 1 aromatic heterocycles. The third kappa shape index (κ3) is 4.64. The maximum Gasteiger partial charge on any atom is 0.242 e. The first-order valence-corrected chi connectivity index (χ1v) is 11.2. The lowest BCUT2D eigenvalue weighted by molar-refractivity contribution is -0.133. The van der Waals surface area contributed by atoms with Crippen LogP contribution in [0.1, 0.15) is 54.9 Å². The number of anilines is 1. The summed E-state index contributed by atoms with van der Waals surface area (Å²) in [6.45, 7) is 4.48. The second-order valence-corrected chi connectivity index (χ2v) is 8.41.